The van der Waals surface area contributed by atoms with Gasteiger partial charge in [-0.3, -0.25) is 19.4 Å². The molecular formula is C16H29N5O4. The minimum absolute atomic E-state index is 0.198. The topological polar surface area (TPSA) is 137 Å². The number of carboxylic acids is 1. The molecule has 1 rings (SSSR count). The molecule has 1 aliphatic carbocycles. The molecule has 0 spiro atoms. The van der Waals surface area contributed by atoms with Crippen LogP contribution in [0.2, 0.25) is 0 Å². The van der Waals surface area contributed by atoms with Crippen molar-refractivity contribution in [1.82, 2.24) is 15.6 Å². The average Bonchev–Trinajstić information content (AvgIpc) is 2.99. The maximum Gasteiger partial charge on any atom is 0.306 e. The summed E-state index contributed by atoms with van der Waals surface area (Å²) in [5.41, 5.74) is 2.30. The molecule has 0 saturated heterocycles. The predicted octanol–water partition coefficient (Wildman–Crippen LogP) is -0.279. The van der Waals surface area contributed by atoms with Crippen molar-refractivity contribution < 1.29 is 19.5 Å². The number of carboxylic acid groups (broad SMARTS) is 1. The van der Waals surface area contributed by atoms with Crippen LogP contribution in [-0.4, -0.2) is 59.3 Å². The van der Waals surface area contributed by atoms with Crippen molar-refractivity contribution in [3.63, 3.8) is 0 Å². The minimum atomic E-state index is -0.918. The Hall–Kier alpha value is -2.16. The molecule has 1 fully saturated rings. The Morgan fingerprint density at radius 3 is 2.52 bits per heavy atom. The largest absolute Gasteiger partial charge is 0.481 e. The van der Waals surface area contributed by atoms with E-state index >= 15 is 0 Å². The van der Waals surface area contributed by atoms with E-state index in [1.54, 1.807) is 4.90 Å². The maximum absolute atomic E-state index is 13.0. The number of aliphatic carboxylic acids is 1. The number of hydrogen-bond acceptors (Lipinski definition) is 5. The van der Waals surface area contributed by atoms with E-state index < -0.39 is 29.9 Å². The summed E-state index contributed by atoms with van der Waals surface area (Å²) in [5.74, 6) is 2.77. The number of hydrazine groups is 1. The van der Waals surface area contributed by atoms with Gasteiger partial charge in [-0.2, -0.15) is 0 Å². The van der Waals surface area contributed by atoms with Gasteiger partial charge in [0.05, 0.1) is 18.3 Å². The molecule has 1 saturated carbocycles. The van der Waals surface area contributed by atoms with Crippen molar-refractivity contribution in [1.29, 1.82) is 0 Å². The van der Waals surface area contributed by atoms with E-state index in [4.69, 9.17) is 5.84 Å². The number of hydrogen-bond donors (Lipinski definition) is 4. The van der Waals surface area contributed by atoms with Crippen LogP contribution < -0.4 is 16.6 Å². The van der Waals surface area contributed by atoms with E-state index in [-0.39, 0.29) is 18.2 Å². The van der Waals surface area contributed by atoms with Gasteiger partial charge < -0.3 is 20.7 Å². The summed E-state index contributed by atoms with van der Waals surface area (Å²) >= 11 is 0. The molecule has 142 valence electrons. The van der Waals surface area contributed by atoms with Gasteiger partial charge in [-0.15, -0.1) is 0 Å². The van der Waals surface area contributed by atoms with E-state index in [1.807, 2.05) is 13.8 Å². The monoisotopic (exact) mass is 355 g/mol. The van der Waals surface area contributed by atoms with Gasteiger partial charge in [0, 0.05) is 25.9 Å². The molecule has 0 aromatic rings. The molecule has 9 nitrogen and oxygen atoms in total. The summed E-state index contributed by atoms with van der Waals surface area (Å²) in [5, 5.41) is 12.1. The zero-order valence-electron chi connectivity index (χ0n) is 15.1. The van der Waals surface area contributed by atoms with Gasteiger partial charge in [-0.25, -0.2) is 5.84 Å². The first kappa shape index (κ1) is 20.9. The van der Waals surface area contributed by atoms with Crippen molar-refractivity contribution in [2.75, 3.05) is 13.1 Å². The maximum atomic E-state index is 13.0. The standard InChI is InChI=1S/C16H29N5O4/c1-4-6-21(5-2)15(23)14(20-10(3)22)12-7-11(16(24)25)8-13(12)18-9-19-17/h9,11-14H,4-8,17H2,1-3H3,(H,18,19)(H,20,22)(H,24,25)/t11?,12-,13+,14?/m1/s1. The van der Waals surface area contributed by atoms with Crippen molar-refractivity contribution in [2.24, 2.45) is 22.7 Å². The lowest BCUT2D eigenvalue weighted by Gasteiger charge is -2.31. The molecule has 1 aliphatic rings. The minimum Gasteiger partial charge on any atom is -0.481 e. The lowest BCUT2D eigenvalue weighted by molar-refractivity contribution is -0.142. The Kier molecular flexibility index (Phi) is 8.33. The summed E-state index contributed by atoms with van der Waals surface area (Å²) in [6.45, 7) is 6.30. The van der Waals surface area contributed by atoms with Crippen LogP contribution in [0, 0.1) is 11.8 Å². The fourth-order valence-corrected chi connectivity index (χ4v) is 3.38. The van der Waals surface area contributed by atoms with E-state index in [1.165, 1.54) is 13.3 Å². The molecule has 5 N–H and O–H groups in total. The van der Waals surface area contributed by atoms with Gasteiger partial charge in [0.25, 0.3) is 0 Å². The SMILES string of the molecule is CCCN(CC)C(=O)C(NC(C)=O)[C@@H]1CC(C(=O)O)C[C@@H]1N=CNN. The third-order valence-corrected chi connectivity index (χ3v) is 4.51. The lowest BCUT2D eigenvalue weighted by Crippen LogP contribution is -2.53. The van der Waals surface area contributed by atoms with Crippen molar-refractivity contribution in [3.8, 4) is 0 Å². The number of rotatable bonds is 9. The van der Waals surface area contributed by atoms with Gasteiger partial charge in [-0.1, -0.05) is 6.92 Å². The Morgan fingerprint density at radius 1 is 1.36 bits per heavy atom. The third-order valence-electron chi connectivity index (χ3n) is 4.51. The van der Waals surface area contributed by atoms with Crippen LogP contribution in [0.25, 0.3) is 0 Å². The molecule has 0 radical (unpaired) electrons. The highest BCUT2D eigenvalue weighted by atomic mass is 16.4. The molecule has 25 heavy (non-hydrogen) atoms. The zero-order chi connectivity index (χ0) is 19.0. The molecule has 0 heterocycles. The Morgan fingerprint density at radius 2 is 2.04 bits per heavy atom. The second-order valence-electron chi connectivity index (χ2n) is 6.28. The fraction of sp³-hybridized carbons (Fsp3) is 0.750. The highest BCUT2D eigenvalue weighted by Gasteiger charge is 2.45. The van der Waals surface area contributed by atoms with Crippen LogP contribution in [-0.2, 0) is 14.4 Å². The van der Waals surface area contributed by atoms with Crippen LogP contribution in [0.5, 0.6) is 0 Å². The Balaban J connectivity index is 3.12. The normalized spacial score (nSPS) is 24.1. The molecule has 0 aromatic carbocycles. The van der Waals surface area contributed by atoms with Gasteiger partial charge in [0.1, 0.15) is 6.04 Å². The van der Waals surface area contributed by atoms with E-state index in [9.17, 15) is 19.5 Å². The summed E-state index contributed by atoms with van der Waals surface area (Å²) in [7, 11) is 0. The van der Waals surface area contributed by atoms with Crippen LogP contribution >= 0.6 is 0 Å². The molecule has 4 atom stereocenters. The van der Waals surface area contributed by atoms with Crippen molar-refractivity contribution in [2.45, 2.75) is 52.1 Å². The molecule has 0 aliphatic heterocycles. The van der Waals surface area contributed by atoms with Crippen LogP contribution in [0.15, 0.2) is 4.99 Å². The number of nitrogens with zero attached hydrogens (tertiary/aromatic N) is 2. The molecule has 2 amide bonds. The van der Waals surface area contributed by atoms with E-state index in [0.717, 1.165) is 6.42 Å². The molecule has 0 aromatic heterocycles. The molecular weight excluding hydrogens is 326 g/mol. The van der Waals surface area contributed by atoms with Crippen LogP contribution in [0.3, 0.4) is 0 Å². The number of aliphatic imine (C=N–C) groups is 1. The van der Waals surface area contributed by atoms with E-state index in [2.05, 4.69) is 15.7 Å². The summed E-state index contributed by atoms with van der Waals surface area (Å²) < 4.78 is 0. The number of likely N-dealkylation sites (N-methyl/N-ethyl adjacent to an activating group) is 1. The number of nitrogens with two attached hydrogens (primary N) is 1. The number of nitrogens with one attached hydrogen (secondary N) is 2. The van der Waals surface area contributed by atoms with Crippen molar-refractivity contribution >= 4 is 24.1 Å². The second-order valence-corrected chi connectivity index (χ2v) is 6.28. The molecule has 9 heteroatoms. The highest BCUT2D eigenvalue weighted by molar-refractivity contribution is 5.87. The predicted molar refractivity (Wildman–Crippen MR) is 93.6 cm³/mol. The highest BCUT2D eigenvalue weighted by Crippen LogP contribution is 2.36. The summed E-state index contributed by atoms with van der Waals surface area (Å²) in [4.78, 5) is 41.9. The number of amides is 2. The first-order chi connectivity index (χ1) is 11.8. The summed E-state index contributed by atoms with van der Waals surface area (Å²) in [6, 6.07) is -1.20. The molecule has 0 bridgehead atoms. The zero-order valence-corrected chi connectivity index (χ0v) is 15.1. The van der Waals surface area contributed by atoms with Gasteiger partial charge in [-0.05, 0) is 26.2 Å². The van der Waals surface area contributed by atoms with Crippen LogP contribution in [0.1, 0.15) is 40.0 Å². The Labute approximate surface area is 148 Å². The van der Waals surface area contributed by atoms with Gasteiger partial charge >= 0.3 is 5.97 Å². The fourth-order valence-electron chi connectivity index (χ4n) is 3.38. The van der Waals surface area contributed by atoms with E-state index in [0.29, 0.717) is 19.5 Å². The molecule has 2 unspecified atom stereocenters. The number of carbonyl (C=O) groups is 3. The lowest BCUT2D eigenvalue weighted by atomic mass is 9.92. The second kappa shape index (κ2) is 9.97. The first-order valence-corrected chi connectivity index (χ1v) is 8.62. The summed E-state index contributed by atoms with van der Waals surface area (Å²) in [6.07, 6.45) is 2.68. The first-order valence-electron chi connectivity index (χ1n) is 8.62. The smallest absolute Gasteiger partial charge is 0.306 e. The Bertz CT molecular complexity index is 511. The average molecular weight is 355 g/mol. The quantitative estimate of drug-likeness (QED) is 0.194. The van der Waals surface area contributed by atoms with Gasteiger partial charge in [0.15, 0.2) is 0 Å². The third kappa shape index (κ3) is 5.70. The van der Waals surface area contributed by atoms with Gasteiger partial charge in [0.2, 0.25) is 11.8 Å². The number of carbonyl (C=O) groups excluding carboxylic acids is 2. The van der Waals surface area contributed by atoms with Crippen LogP contribution in [0.4, 0.5) is 0 Å². The van der Waals surface area contributed by atoms with Crippen molar-refractivity contribution in [3.05, 3.63) is 0 Å².